The summed E-state index contributed by atoms with van der Waals surface area (Å²) >= 11 is 1.39. The third-order valence-corrected chi connectivity index (χ3v) is 4.02. The number of nitrogens with one attached hydrogen (secondary N) is 1. The Morgan fingerprint density at radius 3 is 2.65 bits per heavy atom. The standard InChI is InChI=1S/C12H16N2O2S/c15-14(16)11-8-4-5-9-12(11)17-13-10-6-2-1-3-7-10/h4-5,8-10,13H,1-3,6-7H2. The monoisotopic (exact) mass is 252 g/mol. The van der Waals surface area contributed by atoms with Crippen molar-refractivity contribution in [3.05, 3.63) is 34.4 Å². The van der Waals surface area contributed by atoms with E-state index >= 15 is 0 Å². The number of benzene rings is 1. The lowest BCUT2D eigenvalue weighted by Crippen LogP contribution is -2.25. The zero-order valence-corrected chi connectivity index (χ0v) is 10.4. The van der Waals surface area contributed by atoms with Gasteiger partial charge in [0.2, 0.25) is 0 Å². The predicted octanol–water partition coefficient (Wildman–Crippen LogP) is 3.52. The summed E-state index contributed by atoms with van der Waals surface area (Å²) in [5.41, 5.74) is 0.181. The SMILES string of the molecule is O=[N+]([O-])c1ccccc1SNC1CCCCC1. The van der Waals surface area contributed by atoms with E-state index in [4.69, 9.17) is 0 Å². The fourth-order valence-corrected chi connectivity index (χ4v) is 2.98. The number of hydrogen-bond donors (Lipinski definition) is 1. The molecule has 0 spiro atoms. The molecule has 17 heavy (non-hydrogen) atoms. The molecule has 0 radical (unpaired) electrons. The number of nitrogens with zero attached hydrogens (tertiary/aromatic N) is 1. The highest BCUT2D eigenvalue weighted by Gasteiger charge is 2.16. The Morgan fingerprint density at radius 2 is 1.94 bits per heavy atom. The molecule has 1 N–H and O–H groups in total. The van der Waals surface area contributed by atoms with E-state index in [9.17, 15) is 10.1 Å². The van der Waals surface area contributed by atoms with E-state index in [1.165, 1.54) is 44.1 Å². The van der Waals surface area contributed by atoms with Gasteiger partial charge in [-0.3, -0.25) is 14.8 Å². The van der Waals surface area contributed by atoms with Crippen LogP contribution in [0.2, 0.25) is 0 Å². The molecule has 5 heteroatoms. The predicted molar refractivity (Wildman–Crippen MR) is 69.0 cm³/mol. The number of nitro groups is 1. The minimum Gasteiger partial charge on any atom is -0.258 e. The Hall–Kier alpha value is -1.07. The van der Waals surface area contributed by atoms with E-state index in [2.05, 4.69) is 4.72 Å². The zero-order chi connectivity index (χ0) is 12.1. The average molecular weight is 252 g/mol. The van der Waals surface area contributed by atoms with Crippen molar-refractivity contribution in [3.8, 4) is 0 Å². The first-order chi connectivity index (χ1) is 8.27. The number of para-hydroxylation sites is 1. The number of nitro benzene ring substituents is 1. The zero-order valence-electron chi connectivity index (χ0n) is 9.59. The fraction of sp³-hybridized carbons (Fsp3) is 0.500. The summed E-state index contributed by atoms with van der Waals surface area (Å²) in [6.07, 6.45) is 6.18. The van der Waals surface area contributed by atoms with E-state index in [0.717, 1.165) is 0 Å². The van der Waals surface area contributed by atoms with Crippen molar-refractivity contribution in [1.82, 2.24) is 4.72 Å². The number of rotatable bonds is 4. The molecule has 0 saturated heterocycles. The molecule has 1 aromatic carbocycles. The summed E-state index contributed by atoms with van der Waals surface area (Å²) in [6, 6.07) is 7.36. The molecule has 1 fully saturated rings. The van der Waals surface area contributed by atoms with Crippen LogP contribution in [0.5, 0.6) is 0 Å². The van der Waals surface area contributed by atoms with E-state index in [1.807, 2.05) is 6.07 Å². The van der Waals surface area contributed by atoms with Crippen LogP contribution in [0.4, 0.5) is 5.69 Å². The Labute approximate surface area is 105 Å². The van der Waals surface area contributed by atoms with Gasteiger partial charge in [-0.25, -0.2) is 0 Å². The van der Waals surface area contributed by atoms with Crippen molar-refractivity contribution < 1.29 is 4.92 Å². The molecule has 1 saturated carbocycles. The molecule has 1 aromatic rings. The molecular formula is C12H16N2O2S. The van der Waals surface area contributed by atoms with Crippen LogP contribution in [0.3, 0.4) is 0 Å². The lowest BCUT2D eigenvalue weighted by molar-refractivity contribution is -0.387. The first-order valence-corrected chi connectivity index (χ1v) is 6.75. The Balaban J connectivity index is 1.96. The second-order valence-corrected chi connectivity index (χ2v) is 5.16. The third kappa shape index (κ3) is 3.44. The molecule has 0 unspecified atom stereocenters. The molecule has 92 valence electrons. The van der Waals surface area contributed by atoms with Crippen LogP contribution in [0.15, 0.2) is 29.2 Å². The second kappa shape index (κ2) is 6.02. The number of hydrogen-bond acceptors (Lipinski definition) is 4. The van der Waals surface area contributed by atoms with Crippen molar-refractivity contribution in [1.29, 1.82) is 0 Å². The van der Waals surface area contributed by atoms with Crippen LogP contribution in [-0.2, 0) is 0 Å². The maximum Gasteiger partial charge on any atom is 0.284 e. The van der Waals surface area contributed by atoms with Crippen LogP contribution < -0.4 is 4.72 Å². The molecule has 0 heterocycles. The van der Waals surface area contributed by atoms with Crippen molar-refractivity contribution in [2.75, 3.05) is 0 Å². The first kappa shape index (κ1) is 12.4. The Morgan fingerprint density at radius 1 is 1.24 bits per heavy atom. The molecular weight excluding hydrogens is 236 g/mol. The summed E-state index contributed by atoms with van der Waals surface area (Å²) in [6.45, 7) is 0. The van der Waals surface area contributed by atoms with E-state index in [-0.39, 0.29) is 10.6 Å². The normalized spacial score (nSPS) is 16.9. The van der Waals surface area contributed by atoms with Gasteiger partial charge in [0.15, 0.2) is 0 Å². The molecule has 2 rings (SSSR count). The van der Waals surface area contributed by atoms with Gasteiger partial charge in [-0.05, 0) is 30.9 Å². The Kier molecular flexibility index (Phi) is 4.39. The van der Waals surface area contributed by atoms with Gasteiger partial charge < -0.3 is 0 Å². The highest BCUT2D eigenvalue weighted by Crippen LogP contribution is 2.28. The maximum absolute atomic E-state index is 10.8. The van der Waals surface area contributed by atoms with Gasteiger partial charge in [0.05, 0.1) is 4.92 Å². The minimum atomic E-state index is -0.328. The van der Waals surface area contributed by atoms with E-state index in [1.54, 1.807) is 18.2 Å². The van der Waals surface area contributed by atoms with Crippen molar-refractivity contribution in [2.45, 2.75) is 43.0 Å². The molecule has 1 aliphatic carbocycles. The smallest absolute Gasteiger partial charge is 0.258 e. The Bertz CT molecular complexity index is 392. The molecule has 0 atom stereocenters. The third-order valence-electron chi connectivity index (χ3n) is 3.00. The van der Waals surface area contributed by atoms with E-state index < -0.39 is 0 Å². The summed E-state index contributed by atoms with van der Waals surface area (Å²) < 4.78 is 3.35. The summed E-state index contributed by atoms with van der Waals surface area (Å²) in [7, 11) is 0. The van der Waals surface area contributed by atoms with Gasteiger partial charge in [-0.1, -0.05) is 31.4 Å². The highest BCUT2D eigenvalue weighted by molar-refractivity contribution is 7.97. The van der Waals surface area contributed by atoms with Crippen LogP contribution >= 0.6 is 11.9 Å². The van der Waals surface area contributed by atoms with Crippen LogP contribution in [0, 0.1) is 10.1 Å². The second-order valence-electron chi connectivity index (χ2n) is 4.28. The maximum atomic E-state index is 10.8. The molecule has 1 aliphatic rings. The minimum absolute atomic E-state index is 0.181. The van der Waals surface area contributed by atoms with Crippen LogP contribution in [0.25, 0.3) is 0 Å². The quantitative estimate of drug-likeness (QED) is 0.506. The van der Waals surface area contributed by atoms with Crippen molar-refractivity contribution in [2.24, 2.45) is 0 Å². The van der Waals surface area contributed by atoms with Gasteiger partial charge in [0.25, 0.3) is 5.69 Å². The molecule has 4 nitrogen and oxygen atoms in total. The fourth-order valence-electron chi connectivity index (χ4n) is 2.06. The van der Waals surface area contributed by atoms with Gasteiger partial charge in [0.1, 0.15) is 4.90 Å². The van der Waals surface area contributed by atoms with Crippen molar-refractivity contribution in [3.63, 3.8) is 0 Å². The van der Waals surface area contributed by atoms with Gasteiger partial charge in [-0.2, -0.15) is 0 Å². The lowest BCUT2D eigenvalue weighted by atomic mass is 9.96. The summed E-state index contributed by atoms with van der Waals surface area (Å²) in [5.74, 6) is 0. The molecule has 0 amide bonds. The molecule has 0 bridgehead atoms. The average Bonchev–Trinajstić information content (AvgIpc) is 2.38. The lowest BCUT2D eigenvalue weighted by Gasteiger charge is -2.21. The molecule has 0 aliphatic heterocycles. The largest absolute Gasteiger partial charge is 0.284 e. The topological polar surface area (TPSA) is 55.2 Å². The summed E-state index contributed by atoms with van der Waals surface area (Å²) in [4.78, 5) is 11.2. The highest BCUT2D eigenvalue weighted by atomic mass is 32.2. The summed E-state index contributed by atoms with van der Waals surface area (Å²) in [5, 5.41) is 10.8. The van der Waals surface area contributed by atoms with Gasteiger partial charge in [-0.15, -0.1) is 0 Å². The molecule has 0 aromatic heterocycles. The van der Waals surface area contributed by atoms with Gasteiger partial charge >= 0.3 is 0 Å². The van der Waals surface area contributed by atoms with Crippen molar-refractivity contribution >= 4 is 17.6 Å². The first-order valence-electron chi connectivity index (χ1n) is 5.93. The van der Waals surface area contributed by atoms with Crippen LogP contribution in [0.1, 0.15) is 32.1 Å². The van der Waals surface area contributed by atoms with Gasteiger partial charge in [0, 0.05) is 12.1 Å². The van der Waals surface area contributed by atoms with Crippen LogP contribution in [-0.4, -0.2) is 11.0 Å². The van der Waals surface area contributed by atoms with E-state index in [0.29, 0.717) is 10.9 Å².